The number of ether oxygens (including phenoxy) is 2. The molecule has 0 saturated carbocycles. The minimum Gasteiger partial charge on any atom is -0.389 e. The first-order chi connectivity index (χ1) is 14.1. The molecule has 2 fully saturated rings. The molecule has 2 aromatic rings. The molecule has 2 aliphatic rings. The van der Waals surface area contributed by atoms with Gasteiger partial charge in [0, 0.05) is 32.4 Å². The molecule has 0 spiro atoms. The third-order valence-corrected chi connectivity index (χ3v) is 5.26. The zero-order valence-corrected chi connectivity index (χ0v) is 16.0. The zero-order valence-electron chi connectivity index (χ0n) is 16.0. The Morgan fingerprint density at radius 1 is 1.21 bits per heavy atom. The molecule has 1 aromatic carbocycles. The minimum atomic E-state index is -0.889. The van der Waals surface area contributed by atoms with Gasteiger partial charge in [-0.25, -0.2) is 13.5 Å². The normalized spacial score (nSPS) is 25.6. The average molecular weight is 409 g/mol. The summed E-state index contributed by atoms with van der Waals surface area (Å²) < 4.78 is 39.2. The predicted octanol–water partition coefficient (Wildman–Crippen LogP) is 0.307. The number of halogens is 2. The highest BCUT2D eigenvalue weighted by Gasteiger charge is 2.36. The van der Waals surface area contributed by atoms with Crippen LogP contribution in [0.25, 0.3) is 0 Å². The van der Waals surface area contributed by atoms with Crippen LogP contribution < -0.4 is 5.32 Å². The zero-order chi connectivity index (χ0) is 20.2. The van der Waals surface area contributed by atoms with E-state index in [0.717, 1.165) is 50.7 Å². The third-order valence-electron chi connectivity index (χ3n) is 5.26. The number of benzene rings is 1. The van der Waals surface area contributed by atoms with E-state index in [1.807, 2.05) is 6.20 Å². The number of aliphatic hydroxyl groups is 1. The monoisotopic (exact) mass is 409 g/mol. The maximum absolute atomic E-state index is 13.4. The number of aromatic nitrogens is 3. The lowest BCUT2D eigenvalue weighted by Gasteiger charge is -2.25. The van der Waals surface area contributed by atoms with Crippen molar-refractivity contribution in [1.82, 2.24) is 25.2 Å². The molecule has 2 N–H and O–H groups in total. The van der Waals surface area contributed by atoms with E-state index in [1.165, 1.54) is 6.07 Å². The number of hydrogen-bond donors (Lipinski definition) is 2. The highest BCUT2D eigenvalue weighted by molar-refractivity contribution is 5.17. The van der Waals surface area contributed by atoms with Crippen LogP contribution in [-0.2, 0) is 29.1 Å². The molecule has 0 bridgehead atoms. The van der Waals surface area contributed by atoms with Crippen molar-refractivity contribution in [3.05, 3.63) is 47.3 Å². The van der Waals surface area contributed by atoms with Crippen LogP contribution in [0.15, 0.2) is 24.4 Å². The number of morpholine rings is 1. The van der Waals surface area contributed by atoms with Crippen LogP contribution >= 0.6 is 0 Å². The van der Waals surface area contributed by atoms with E-state index in [4.69, 9.17) is 9.47 Å². The van der Waals surface area contributed by atoms with Gasteiger partial charge in [0.05, 0.1) is 50.3 Å². The van der Waals surface area contributed by atoms with Crippen LogP contribution in [0, 0.1) is 11.6 Å². The average Bonchev–Trinajstić information content (AvgIpc) is 3.30. The summed E-state index contributed by atoms with van der Waals surface area (Å²) in [4.78, 5) is 2.26. The van der Waals surface area contributed by atoms with E-state index in [2.05, 4.69) is 20.5 Å². The van der Waals surface area contributed by atoms with E-state index >= 15 is 0 Å². The fraction of sp³-hybridized carbons (Fsp3) is 0.579. The summed E-state index contributed by atoms with van der Waals surface area (Å²) in [6, 6.07) is 3.40. The lowest BCUT2D eigenvalue weighted by molar-refractivity contribution is 0.0336. The fourth-order valence-electron chi connectivity index (χ4n) is 3.67. The SMILES string of the molecule is O[C@H]1CO[C@H](Cn2cc(CN3CCOCC3)nn2)[C@@H]1NCc1ccc(F)c(F)c1. The van der Waals surface area contributed by atoms with E-state index in [0.29, 0.717) is 18.7 Å². The lowest BCUT2D eigenvalue weighted by Crippen LogP contribution is -2.45. The van der Waals surface area contributed by atoms with Gasteiger partial charge in [-0.1, -0.05) is 11.3 Å². The summed E-state index contributed by atoms with van der Waals surface area (Å²) in [6.07, 6.45) is 0.880. The molecule has 0 aliphatic carbocycles. The van der Waals surface area contributed by atoms with Crippen LogP contribution in [0.2, 0.25) is 0 Å². The van der Waals surface area contributed by atoms with Crippen molar-refractivity contribution in [3.8, 4) is 0 Å². The Balaban J connectivity index is 1.33. The number of rotatable bonds is 7. The standard InChI is InChI=1S/C19H25F2N5O3/c20-15-2-1-13(7-16(15)21)8-22-19-17(27)12-29-18(19)11-26-10-14(23-24-26)9-25-3-5-28-6-4-25/h1-2,7,10,17-19,22,27H,3-6,8-9,11-12H2/t17-,18+,19+/m0/s1. The molecule has 2 saturated heterocycles. The van der Waals surface area contributed by atoms with Crippen LogP contribution in [0.4, 0.5) is 8.78 Å². The number of aliphatic hydroxyl groups excluding tert-OH is 1. The third kappa shape index (κ3) is 5.14. The van der Waals surface area contributed by atoms with Crippen molar-refractivity contribution < 1.29 is 23.4 Å². The molecular formula is C19H25F2N5O3. The van der Waals surface area contributed by atoms with Crippen molar-refractivity contribution in [2.45, 2.75) is 37.9 Å². The second-order valence-electron chi connectivity index (χ2n) is 7.41. The van der Waals surface area contributed by atoms with Gasteiger partial charge in [-0.05, 0) is 17.7 Å². The molecule has 4 rings (SSSR count). The maximum Gasteiger partial charge on any atom is 0.159 e. The molecular weight excluding hydrogens is 384 g/mol. The first-order valence-electron chi connectivity index (χ1n) is 9.74. The van der Waals surface area contributed by atoms with Gasteiger partial charge in [-0.3, -0.25) is 4.90 Å². The van der Waals surface area contributed by atoms with Gasteiger partial charge in [-0.2, -0.15) is 0 Å². The van der Waals surface area contributed by atoms with E-state index in [1.54, 1.807) is 4.68 Å². The first kappa shape index (κ1) is 20.3. The smallest absolute Gasteiger partial charge is 0.159 e. The van der Waals surface area contributed by atoms with Crippen molar-refractivity contribution in [2.24, 2.45) is 0 Å². The molecule has 0 unspecified atom stereocenters. The molecule has 0 radical (unpaired) electrons. The highest BCUT2D eigenvalue weighted by atomic mass is 19.2. The summed E-state index contributed by atoms with van der Waals surface area (Å²) in [7, 11) is 0. The Bertz CT molecular complexity index is 815. The Labute approximate surface area is 167 Å². The molecule has 3 atom stereocenters. The predicted molar refractivity (Wildman–Crippen MR) is 98.9 cm³/mol. The number of hydrogen-bond acceptors (Lipinski definition) is 7. The van der Waals surface area contributed by atoms with Crippen LogP contribution in [0.3, 0.4) is 0 Å². The van der Waals surface area contributed by atoms with Crippen molar-refractivity contribution in [3.63, 3.8) is 0 Å². The minimum absolute atomic E-state index is 0.204. The Kier molecular flexibility index (Phi) is 6.46. The molecule has 2 aliphatic heterocycles. The quantitative estimate of drug-likeness (QED) is 0.681. The topological polar surface area (TPSA) is 84.7 Å². The summed E-state index contributed by atoms with van der Waals surface area (Å²) in [6.45, 7) is 4.85. The summed E-state index contributed by atoms with van der Waals surface area (Å²) in [5.74, 6) is -1.77. The Morgan fingerprint density at radius 2 is 2.03 bits per heavy atom. The van der Waals surface area contributed by atoms with Gasteiger partial charge in [0.15, 0.2) is 11.6 Å². The highest BCUT2D eigenvalue weighted by Crippen LogP contribution is 2.18. The van der Waals surface area contributed by atoms with Gasteiger partial charge < -0.3 is 19.9 Å². The molecule has 0 amide bonds. The summed E-state index contributed by atoms with van der Waals surface area (Å²) >= 11 is 0. The Morgan fingerprint density at radius 3 is 2.83 bits per heavy atom. The van der Waals surface area contributed by atoms with Gasteiger partial charge in [0.2, 0.25) is 0 Å². The second kappa shape index (κ2) is 9.23. The summed E-state index contributed by atoms with van der Waals surface area (Å²) in [5, 5.41) is 21.8. The van der Waals surface area contributed by atoms with Gasteiger partial charge in [0.1, 0.15) is 0 Å². The molecule has 10 heteroatoms. The van der Waals surface area contributed by atoms with Crippen LogP contribution in [0.5, 0.6) is 0 Å². The second-order valence-corrected chi connectivity index (χ2v) is 7.41. The van der Waals surface area contributed by atoms with Crippen molar-refractivity contribution in [1.29, 1.82) is 0 Å². The lowest BCUT2D eigenvalue weighted by atomic mass is 10.1. The van der Waals surface area contributed by atoms with Crippen LogP contribution in [-0.4, -0.2) is 76.2 Å². The fourth-order valence-corrected chi connectivity index (χ4v) is 3.67. The molecule has 3 heterocycles. The van der Waals surface area contributed by atoms with E-state index in [9.17, 15) is 13.9 Å². The maximum atomic E-state index is 13.4. The molecule has 1 aromatic heterocycles. The van der Waals surface area contributed by atoms with Gasteiger partial charge in [-0.15, -0.1) is 5.10 Å². The van der Waals surface area contributed by atoms with Gasteiger partial charge in [0.25, 0.3) is 0 Å². The molecule has 158 valence electrons. The van der Waals surface area contributed by atoms with Gasteiger partial charge >= 0.3 is 0 Å². The molecule has 29 heavy (non-hydrogen) atoms. The largest absolute Gasteiger partial charge is 0.389 e. The van der Waals surface area contributed by atoms with Crippen molar-refractivity contribution in [2.75, 3.05) is 32.9 Å². The van der Waals surface area contributed by atoms with Crippen molar-refractivity contribution >= 4 is 0 Å². The van der Waals surface area contributed by atoms with E-state index in [-0.39, 0.29) is 18.8 Å². The Hall–Kier alpha value is -1.98. The number of nitrogens with one attached hydrogen (secondary N) is 1. The van der Waals surface area contributed by atoms with Crippen LogP contribution in [0.1, 0.15) is 11.3 Å². The summed E-state index contributed by atoms with van der Waals surface area (Å²) in [5.41, 5.74) is 1.46. The van der Waals surface area contributed by atoms with E-state index < -0.39 is 17.7 Å². The number of nitrogens with zero attached hydrogens (tertiary/aromatic N) is 4. The molecule has 8 nitrogen and oxygen atoms in total. The first-order valence-corrected chi connectivity index (χ1v) is 9.74.